The first-order valence-electron chi connectivity index (χ1n) is 9.22. The van der Waals surface area contributed by atoms with Gasteiger partial charge in [0.15, 0.2) is 0 Å². The number of fused-ring (bicyclic) bond motifs is 2. The van der Waals surface area contributed by atoms with Gasteiger partial charge in [0.25, 0.3) is 11.8 Å². The Morgan fingerprint density at radius 2 is 1.59 bits per heavy atom. The zero-order chi connectivity index (χ0) is 19.3. The quantitative estimate of drug-likeness (QED) is 0.725. The van der Waals surface area contributed by atoms with Crippen LogP contribution in [0.5, 0.6) is 0 Å². The van der Waals surface area contributed by atoms with Gasteiger partial charge in [0.2, 0.25) is 5.91 Å². The van der Waals surface area contributed by atoms with E-state index in [1.54, 1.807) is 30.3 Å². The van der Waals surface area contributed by atoms with Crippen LogP contribution in [0.25, 0.3) is 0 Å². The molecule has 0 aromatic heterocycles. The molecule has 0 atom stereocenters. The molecule has 5 nitrogen and oxygen atoms in total. The fraction of sp³-hybridized carbons (Fsp3) is 0.318. The number of imide groups is 1. The summed E-state index contributed by atoms with van der Waals surface area (Å²) in [7, 11) is 0. The van der Waals surface area contributed by atoms with Crippen LogP contribution in [0, 0.1) is 5.41 Å². The van der Waals surface area contributed by atoms with Crippen LogP contribution in [0.4, 0.5) is 11.4 Å². The minimum atomic E-state index is -0.462. The van der Waals surface area contributed by atoms with Crippen molar-refractivity contribution < 1.29 is 14.4 Å². The molecule has 2 aliphatic rings. The van der Waals surface area contributed by atoms with Crippen molar-refractivity contribution in [3.8, 4) is 0 Å². The van der Waals surface area contributed by atoms with Crippen molar-refractivity contribution in [3.05, 3.63) is 59.2 Å². The highest BCUT2D eigenvalue weighted by Gasteiger charge is 2.37. The number of nitrogens with zero attached hydrogens (tertiary/aromatic N) is 2. The molecule has 0 spiro atoms. The van der Waals surface area contributed by atoms with Gasteiger partial charge >= 0.3 is 0 Å². The van der Waals surface area contributed by atoms with E-state index in [-0.39, 0.29) is 17.7 Å². The van der Waals surface area contributed by atoms with Gasteiger partial charge in [0, 0.05) is 17.6 Å². The number of hydrogen-bond acceptors (Lipinski definition) is 3. The van der Waals surface area contributed by atoms with E-state index in [2.05, 4.69) is 0 Å². The fourth-order valence-corrected chi connectivity index (χ4v) is 3.76. The van der Waals surface area contributed by atoms with E-state index in [0.29, 0.717) is 23.4 Å². The Hall–Kier alpha value is -2.95. The van der Waals surface area contributed by atoms with Crippen LogP contribution in [0.2, 0.25) is 0 Å². The summed E-state index contributed by atoms with van der Waals surface area (Å²) in [4.78, 5) is 41.3. The number of rotatable bonds is 1. The molecule has 0 radical (unpaired) electrons. The molecule has 0 bridgehead atoms. The molecule has 0 saturated heterocycles. The summed E-state index contributed by atoms with van der Waals surface area (Å²) in [6, 6.07) is 12.4. The van der Waals surface area contributed by atoms with Gasteiger partial charge in [-0.25, -0.2) is 4.90 Å². The van der Waals surface area contributed by atoms with Gasteiger partial charge in [0.1, 0.15) is 0 Å². The van der Waals surface area contributed by atoms with Crippen LogP contribution in [-0.4, -0.2) is 24.3 Å². The normalized spacial score (nSPS) is 16.4. The average molecular weight is 362 g/mol. The van der Waals surface area contributed by atoms with Crippen LogP contribution >= 0.6 is 0 Å². The number of aryl methyl sites for hydroxylation is 1. The maximum atomic E-state index is 12.8. The van der Waals surface area contributed by atoms with Crippen LogP contribution in [0.3, 0.4) is 0 Å². The highest BCUT2D eigenvalue weighted by atomic mass is 16.2. The summed E-state index contributed by atoms with van der Waals surface area (Å²) in [6.45, 7) is 6.43. The molecule has 4 rings (SSSR count). The molecule has 2 heterocycles. The lowest BCUT2D eigenvalue weighted by atomic mass is 9.92. The number of carbonyl (C=O) groups is 3. The van der Waals surface area contributed by atoms with Crippen molar-refractivity contribution in [2.45, 2.75) is 33.6 Å². The monoisotopic (exact) mass is 362 g/mol. The summed E-state index contributed by atoms with van der Waals surface area (Å²) in [5, 5.41) is 0. The van der Waals surface area contributed by atoms with E-state index >= 15 is 0 Å². The van der Waals surface area contributed by atoms with Crippen molar-refractivity contribution in [3.63, 3.8) is 0 Å². The number of amides is 3. The molecular weight excluding hydrogens is 340 g/mol. The summed E-state index contributed by atoms with van der Waals surface area (Å²) < 4.78 is 0. The lowest BCUT2D eigenvalue weighted by Crippen LogP contribution is -2.42. The summed E-state index contributed by atoms with van der Waals surface area (Å²) in [5.74, 6) is -0.514. The summed E-state index contributed by atoms with van der Waals surface area (Å²) >= 11 is 0. The van der Waals surface area contributed by atoms with Crippen molar-refractivity contribution in [1.82, 2.24) is 0 Å². The first kappa shape index (κ1) is 17.5. The number of hydrogen-bond donors (Lipinski definition) is 0. The van der Waals surface area contributed by atoms with Gasteiger partial charge in [-0.3, -0.25) is 14.4 Å². The Morgan fingerprint density at radius 3 is 2.19 bits per heavy atom. The standard InChI is InChI=1S/C22H22N2O3/c1-22(2,3)21(27)23-12-6-7-14-13-15(10-11-18(14)23)24-19(25)16-8-4-5-9-17(16)20(24)26/h4-5,8-11,13H,6-7,12H2,1-3H3. The Kier molecular flexibility index (Phi) is 3.91. The smallest absolute Gasteiger partial charge is 0.266 e. The van der Waals surface area contributed by atoms with Gasteiger partial charge in [0.05, 0.1) is 16.8 Å². The molecule has 0 fully saturated rings. The second-order valence-corrected chi connectivity index (χ2v) is 8.11. The Labute approximate surface area is 158 Å². The largest absolute Gasteiger partial charge is 0.312 e. The fourth-order valence-electron chi connectivity index (χ4n) is 3.76. The molecule has 0 saturated carbocycles. The van der Waals surface area contributed by atoms with E-state index in [1.165, 1.54) is 4.90 Å². The molecule has 3 amide bonds. The third-order valence-corrected chi connectivity index (χ3v) is 5.12. The van der Waals surface area contributed by atoms with Crippen LogP contribution < -0.4 is 9.80 Å². The Bertz CT molecular complexity index is 937. The molecule has 2 aliphatic heterocycles. The summed E-state index contributed by atoms with van der Waals surface area (Å²) in [5.41, 5.74) is 2.84. The minimum absolute atomic E-state index is 0.0805. The molecule has 27 heavy (non-hydrogen) atoms. The second-order valence-electron chi connectivity index (χ2n) is 8.11. The van der Waals surface area contributed by atoms with Crippen molar-refractivity contribution in [1.29, 1.82) is 0 Å². The molecule has 0 aliphatic carbocycles. The van der Waals surface area contributed by atoms with E-state index < -0.39 is 5.41 Å². The number of benzene rings is 2. The molecule has 138 valence electrons. The van der Waals surface area contributed by atoms with Crippen LogP contribution in [0.1, 0.15) is 53.5 Å². The minimum Gasteiger partial charge on any atom is -0.312 e. The first-order valence-corrected chi connectivity index (χ1v) is 9.22. The first-order chi connectivity index (χ1) is 12.8. The predicted molar refractivity (Wildman–Crippen MR) is 104 cm³/mol. The van der Waals surface area contributed by atoms with Gasteiger partial charge in [-0.2, -0.15) is 0 Å². The highest BCUT2D eigenvalue weighted by Crippen LogP contribution is 2.36. The van der Waals surface area contributed by atoms with E-state index in [1.807, 2.05) is 37.8 Å². The molecule has 0 N–H and O–H groups in total. The third kappa shape index (κ3) is 2.74. The Balaban J connectivity index is 1.72. The second kappa shape index (κ2) is 6.05. The maximum Gasteiger partial charge on any atom is 0.266 e. The number of anilines is 2. The van der Waals surface area contributed by atoms with E-state index in [9.17, 15) is 14.4 Å². The van der Waals surface area contributed by atoms with Gasteiger partial charge in [-0.1, -0.05) is 32.9 Å². The molecule has 2 aromatic carbocycles. The molecular formula is C22H22N2O3. The zero-order valence-electron chi connectivity index (χ0n) is 15.8. The third-order valence-electron chi connectivity index (χ3n) is 5.12. The lowest BCUT2D eigenvalue weighted by molar-refractivity contribution is -0.125. The molecule has 0 unspecified atom stereocenters. The molecule has 2 aromatic rings. The highest BCUT2D eigenvalue weighted by molar-refractivity contribution is 6.34. The van der Waals surface area contributed by atoms with Gasteiger partial charge in [-0.15, -0.1) is 0 Å². The maximum absolute atomic E-state index is 12.8. The van der Waals surface area contributed by atoms with Crippen molar-refractivity contribution in [2.24, 2.45) is 5.41 Å². The van der Waals surface area contributed by atoms with Crippen LogP contribution in [-0.2, 0) is 11.2 Å². The Morgan fingerprint density at radius 1 is 0.963 bits per heavy atom. The zero-order valence-corrected chi connectivity index (χ0v) is 15.8. The van der Waals surface area contributed by atoms with Gasteiger partial charge < -0.3 is 4.90 Å². The van der Waals surface area contributed by atoms with Crippen LogP contribution in [0.15, 0.2) is 42.5 Å². The average Bonchev–Trinajstić information content (AvgIpc) is 2.90. The number of carbonyl (C=O) groups excluding carboxylic acids is 3. The SMILES string of the molecule is CC(C)(C)C(=O)N1CCCc2cc(N3C(=O)c4ccccc4C3=O)ccc21. The van der Waals surface area contributed by atoms with E-state index in [4.69, 9.17) is 0 Å². The lowest BCUT2D eigenvalue weighted by Gasteiger charge is -2.34. The van der Waals surface area contributed by atoms with E-state index in [0.717, 1.165) is 24.1 Å². The van der Waals surface area contributed by atoms with Crippen molar-refractivity contribution in [2.75, 3.05) is 16.3 Å². The topological polar surface area (TPSA) is 57.7 Å². The molecule has 5 heteroatoms. The van der Waals surface area contributed by atoms with Gasteiger partial charge in [-0.05, 0) is 48.7 Å². The van der Waals surface area contributed by atoms with Crippen molar-refractivity contribution >= 4 is 29.1 Å². The predicted octanol–water partition coefficient (Wildman–Crippen LogP) is 3.81. The summed E-state index contributed by atoms with van der Waals surface area (Å²) in [6.07, 6.45) is 1.68.